The maximum atomic E-state index is 12.7. The predicted octanol–water partition coefficient (Wildman–Crippen LogP) is 1.62. The highest BCUT2D eigenvalue weighted by Crippen LogP contribution is 2.44. The van der Waals surface area contributed by atoms with Gasteiger partial charge in [0.1, 0.15) is 17.7 Å². The molecule has 1 aromatic carbocycles. The number of carbonyl (C=O) groups is 1. The van der Waals surface area contributed by atoms with Gasteiger partial charge in [0.05, 0.1) is 6.33 Å². The van der Waals surface area contributed by atoms with Gasteiger partial charge in [-0.3, -0.25) is 9.36 Å². The number of aromatic nitrogens is 4. The molecule has 0 bridgehead atoms. The molecule has 3 aromatic rings. The zero-order chi connectivity index (χ0) is 23.9. The van der Waals surface area contributed by atoms with Gasteiger partial charge in [0.2, 0.25) is 5.95 Å². The standard InChI is InChI=1S/C23H29N7O4/c1-4-25-20(31)16-15-17(34-23(2,3)33-15)21(32-16)30-12-27-14-18(24)28-22(29-19(14)30)26-11-10-13-8-6-5-7-9-13/h5-9,12,15-17,21H,4,10-11H2,1-3H3,(H,25,31)(H3,24,26,28,29)/t15-,16+,17-,21-/m1/s1. The molecular formula is C23H29N7O4. The molecule has 180 valence electrons. The summed E-state index contributed by atoms with van der Waals surface area (Å²) in [5.74, 6) is -0.453. The number of rotatable bonds is 7. The summed E-state index contributed by atoms with van der Waals surface area (Å²) in [6.07, 6.45) is -0.185. The van der Waals surface area contributed by atoms with E-state index in [1.54, 1.807) is 10.9 Å². The fraction of sp³-hybridized carbons (Fsp3) is 0.478. The lowest BCUT2D eigenvalue weighted by molar-refractivity contribution is -0.197. The molecule has 11 nitrogen and oxygen atoms in total. The zero-order valence-corrected chi connectivity index (χ0v) is 19.4. The van der Waals surface area contributed by atoms with Crippen LogP contribution in [0.1, 0.15) is 32.6 Å². The summed E-state index contributed by atoms with van der Waals surface area (Å²) in [7, 11) is 0. The Balaban J connectivity index is 1.42. The first-order valence-electron chi connectivity index (χ1n) is 11.4. The summed E-state index contributed by atoms with van der Waals surface area (Å²) < 4.78 is 20.0. The van der Waals surface area contributed by atoms with Crippen molar-refractivity contribution in [2.24, 2.45) is 0 Å². The average Bonchev–Trinajstić information content (AvgIpc) is 3.45. The number of carbonyl (C=O) groups excluding carboxylic acids is 1. The Morgan fingerprint density at radius 1 is 1.18 bits per heavy atom. The number of nitrogens with one attached hydrogen (secondary N) is 2. The van der Waals surface area contributed by atoms with Gasteiger partial charge in [-0.1, -0.05) is 30.3 Å². The van der Waals surface area contributed by atoms with Gasteiger partial charge in [0.15, 0.2) is 29.6 Å². The van der Waals surface area contributed by atoms with Crippen molar-refractivity contribution < 1.29 is 19.0 Å². The molecule has 11 heteroatoms. The van der Waals surface area contributed by atoms with Crippen LogP contribution in [0, 0.1) is 0 Å². The van der Waals surface area contributed by atoms with Crippen LogP contribution in [-0.2, 0) is 25.4 Å². The van der Waals surface area contributed by atoms with E-state index in [0.29, 0.717) is 30.2 Å². The van der Waals surface area contributed by atoms with Crippen LogP contribution in [0.15, 0.2) is 36.7 Å². The number of nitrogen functional groups attached to an aromatic ring is 1. The quantitative estimate of drug-likeness (QED) is 0.473. The molecule has 5 rings (SSSR count). The average molecular weight is 468 g/mol. The van der Waals surface area contributed by atoms with E-state index in [9.17, 15) is 4.79 Å². The zero-order valence-electron chi connectivity index (χ0n) is 19.4. The molecule has 0 unspecified atom stereocenters. The monoisotopic (exact) mass is 467 g/mol. The van der Waals surface area contributed by atoms with Crippen molar-refractivity contribution in [3.63, 3.8) is 0 Å². The van der Waals surface area contributed by atoms with E-state index >= 15 is 0 Å². The number of ether oxygens (including phenoxy) is 3. The third kappa shape index (κ3) is 4.17. The Morgan fingerprint density at radius 3 is 2.71 bits per heavy atom. The fourth-order valence-corrected chi connectivity index (χ4v) is 4.45. The normalized spacial score (nSPS) is 25.4. The van der Waals surface area contributed by atoms with Gasteiger partial charge in [-0.15, -0.1) is 0 Å². The van der Waals surface area contributed by atoms with E-state index in [2.05, 4.69) is 37.7 Å². The van der Waals surface area contributed by atoms with E-state index < -0.39 is 30.3 Å². The first-order chi connectivity index (χ1) is 16.4. The van der Waals surface area contributed by atoms with Crippen LogP contribution in [0.3, 0.4) is 0 Å². The van der Waals surface area contributed by atoms with Crippen molar-refractivity contribution in [1.29, 1.82) is 0 Å². The number of nitrogens with zero attached hydrogens (tertiary/aromatic N) is 4. The van der Waals surface area contributed by atoms with Gasteiger partial charge in [-0.05, 0) is 32.8 Å². The maximum Gasteiger partial charge on any atom is 0.252 e. The Bertz CT molecular complexity index is 1180. The summed E-state index contributed by atoms with van der Waals surface area (Å²) in [5.41, 5.74) is 8.34. The molecule has 2 aliphatic heterocycles. The lowest BCUT2D eigenvalue weighted by atomic mass is 10.1. The predicted molar refractivity (Wildman–Crippen MR) is 125 cm³/mol. The van der Waals surface area contributed by atoms with Gasteiger partial charge in [0.25, 0.3) is 5.91 Å². The van der Waals surface area contributed by atoms with Crippen LogP contribution < -0.4 is 16.4 Å². The molecule has 4 atom stereocenters. The molecule has 2 aromatic heterocycles. The summed E-state index contributed by atoms with van der Waals surface area (Å²) in [6, 6.07) is 10.1. The number of imidazole rings is 1. The van der Waals surface area contributed by atoms with Gasteiger partial charge in [0, 0.05) is 13.1 Å². The lowest BCUT2D eigenvalue weighted by Crippen LogP contribution is -2.42. The van der Waals surface area contributed by atoms with Gasteiger partial charge in [-0.25, -0.2) is 4.98 Å². The highest BCUT2D eigenvalue weighted by molar-refractivity contribution is 5.83. The van der Waals surface area contributed by atoms with Crippen molar-refractivity contribution in [2.45, 2.75) is 57.5 Å². The third-order valence-electron chi connectivity index (χ3n) is 5.90. The molecule has 2 aliphatic rings. The smallest absolute Gasteiger partial charge is 0.252 e. The minimum Gasteiger partial charge on any atom is -0.382 e. The maximum absolute atomic E-state index is 12.7. The Kier molecular flexibility index (Phi) is 5.84. The van der Waals surface area contributed by atoms with Crippen LogP contribution in [0.4, 0.5) is 11.8 Å². The number of amides is 1. The number of anilines is 2. The van der Waals surface area contributed by atoms with Gasteiger partial charge in [-0.2, -0.15) is 9.97 Å². The van der Waals surface area contributed by atoms with Crippen molar-refractivity contribution in [1.82, 2.24) is 24.8 Å². The molecular weight excluding hydrogens is 438 g/mol. The van der Waals surface area contributed by atoms with Gasteiger partial charge < -0.3 is 30.6 Å². The first kappa shape index (κ1) is 22.5. The van der Waals surface area contributed by atoms with E-state index in [4.69, 9.17) is 19.9 Å². The molecule has 34 heavy (non-hydrogen) atoms. The second-order valence-electron chi connectivity index (χ2n) is 8.83. The molecule has 0 radical (unpaired) electrons. The van der Waals surface area contributed by atoms with Gasteiger partial charge >= 0.3 is 0 Å². The van der Waals surface area contributed by atoms with E-state index in [-0.39, 0.29) is 11.7 Å². The topological polar surface area (TPSA) is 138 Å². The fourth-order valence-electron chi connectivity index (χ4n) is 4.45. The Morgan fingerprint density at radius 2 is 1.94 bits per heavy atom. The second kappa shape index (κ2) is 8.82. The summed E-state index contributed by atoms with van der Waals surface area (Å²) in [5, 5.41) is 6.04. The number of hydrogen-bond donors (Lipinski definition) is 3. The SMILES string of the molecule is CCNC(=O)[C@H]1O[C@@H](n2cnc3c(N)nc(NCCc4ccccc4)nc32)[C@@H]2OC(C)(C)O[C@@H]21. The number of hydrogen-bond acceptors (Lipinski definition) is 9. The Labute approximate surface area is 197 Å². The molecule has 4 N–H and O–H groups in total. The van der Waals surface area contributed by atoms with Crippen LogP contribution in [0.2, 0.25) is 0 Å². The number of benzene rings is 1. The van der Waals surface area contributed by atoms with E-state index in [1.165, 1.54) is 5.56 Å². The van der Waals surface area contributed by atoms with Crippen LogP contribution in [-0.4, -0.2) is 62.6 Å². The minimum atomic E-state index is -0.851. The Hall–Kier alpha value is -3.28. The lowest BCUT2D eigenvalue weighted by Gasteiger charge is -2.24. The molecule has 0 saturated carbocycles. The van der Waals surface area contributed by atoms with Crippen molar-refractivity contribution in [2.75, 3.05) is 24.1 Å². The van der Waals surface area contributed by atoms with Crippen molar-refractivity contribution in [3.05, 3.63) is 42.2 Å². The minimum absolute atomic E-state index is 0.247. The number of fused-ring (bicyclic) bond motifs is 2. The summed E-state index contributed by atoms with van der Waals surface area (Å²) in [6.45, 7) is 6.61. The highest BCUT2D eigenvalue weighted by Gasteiger charge is 2.58. The largest absolute Gasteiger partial charge is 0.382 e. The highest BCUT2D eigenvalue weighted by atomic mass is 16.8. The third-order valence-corrected chi connectivity index (χ3v) is 5.90. The van der Waals surface area contributed by atoms with Crippen LogP contribution in [0.25, 0.3) is 11.2 Å². The number of likely N-dealkylation sites (N-methyl/N-ethyl adjacent to an activating group) is 1. The van der Waals surface area contributed by atoms with Crippen LogP contribution in [0.5, 0.6) is 0 Å². The molecule has 0 aliphatic carbocycles. The van der Waals surface area contributed by atoms with Crippen molar-refractivity contribution >= 4 is 28.8 Å². The first-order valence-corrected chi connectivity index (χ1v) is 11.4. The summed E-state index contributed by atoms with van der Waals surface area (Å²) >= 11 is 0. The molecule has 2 fully saturated rings. The van der Waals surface area contributed by atoms with E-state index in [1.807, 2.05) is 39.0 Å². The summed E-state index contributed by atoms with van der Waals surface area (Å²) in [4.78, 5) is 26.1. The second-order valence-corrected chi connectivity index (χ2v) is 8.83. The molecule has 4 heterocycles. The van der Waals surface area contributed by atoms with Crippen LogP contribution >= 0.6 is 0 Å². The van der Waals surface area contributed by atoms with Crippen molar-refractivity contribution in [3.8, 4) is 0 Å². The molecule has 0 spiro atoms. The molecule has 1 amide bonds. The van der Waals surface area contributed by atoms with E-state index in [0.717, 1.165) is 6.42 Å². The number of nitrogens with two attached hydrogens (primary N) is 1. The molecule has 2 saturated heterocycles.